The summed E-state index contributed by atoms with van der Waals surface area (Å²) in [7, 11) is 0. The van der Waals surface area contributed by atoms with E-state index in [-0.39, 0.29) is 30.3 Å². The lowest BCUT2D eigenvalue weighted by molar-refractivity contribution is -0.124. The number of rotatable bonds is 4. The summed E-state index contributed by atoms with van der Waals surface area (Å²) in [6.07, 6.45) is 1.74. The molecule has 0 fully saturated rings. The Hall–Kier alpha value is -1.14. The lowest BCUT2D eigenvalue weighted by Gasteiger charge is -2.25. The highest BCUT2D eigenvalue weighted by Crippen LogP contribution is 2.17. The molecule has 120 valence electrons. The summed E-state index contributed by atoms with van der Waals surface area (Å²) in [5.74, 6) is 2.31. The van der Waals surface area contributed by atoms with Crippen LogP contribution in [0.2, 0.25) is 0 Å². The first-order valence-electron chi connectivity index (χ1n) is 7.38. The highest BCUT2D eigenvalue weighted by molar-refractivity contribution is 5.85. The number of fused-ring (bicyclic) bond motifs is 1. The van der Waals surface area contributed by atoms with Gasteiger partial charge in [-0.2, -0.15) is 5.10 Å². The molecule has 7 heteroatoms. The van der Waals surface area contributed by atoms with Crippen molar-refractivity contribution in [3.8, 4) is 0 Å². The van der Waals surface area contributed by atoms with Gasteiger partial charge in [-0.05, 0) is 12.3 Å². The fraction of sp³-hybridized carbons (Fsp3) is 0.786. The van der Waals surface area contributed by atoms with Gasteiger partial charge in [-0.3, -0.25) is 4.79 Å². The summed E-state index contributed by atoms with van der Waals surface area (Å²) in [6.45, 7) is 8.77. The first kappa shape index (κ1) is 17.9. The number of aromatic nitrogens is 3. The van der Waals surface area contributed by atoms with Crippen molar-refractivity contribution < 1.29 is 4.79 Å². The first-order chi connectivity index (χ1) is 9.38. The second-order valence-corrected chi connectivity index (χ2v) is 6.24. The van der Waals surface area contributed by atoms with Crippen molar-refractivity contribution in [2.24, 2.45) is 11.7 Å². The van der Waals surface area contributed by atoms with Crippen LogP contribution in [0.3, 0.4) is 0 Å². The monoisotopic (exact) mass is 315 g/mol. The summed E-state index contributed by atoms with van der Waals surface area (Å²) in [4.78, 5) is 16.5. The molecule has 1 aliphatic rings. The van der Waals surface area contributed by atoms with Crippen molar-refractivity contribution in [3.05, 3.63) is 11.6 Å². The Morgan fingerprint density at radius 2 is 2.05 bits per heavy atom. The molecule has 0 saturated heterocycles. The molecule has 3 N–H and O–H groups in total. The molecule has 0 spiro atoms. The van der Waals surface area contributed by atoms with E-state index in [0.717, 1.165) is 24.5 Å². The van der Waals surface area contributed by atoms with Gasteiger partial charge in [-0.1, -0.05) is 27.7 Å². The maximum Gasteiger partial charge on any atom is 0.237 e. The molecule has 1 aromatic rings. The average Bonchev–Trinajstić information content (AvgIpc) is 2.80. The van der Waals surface area contributed by atoms with E-state index in [9.17, 15) is 4.79 Å². The largest absolute Gasteiger partial charge is 0.350 e. The maximum absolute atomic E-state index is 12.0. The van der Waals surface area contributed by atoms with E-state index >= 15 is 0 Å². The van der Waals surface area contributed by atoms with Crippen LogP contribution in [0, 0.1) is 5.92 Å². The van der Waals surface area contributed by atoms with E-state index in [1.165, 1.54) is 0 Å². The van der Waals surface area contributed by atoms with Crippen molar-refractivity contribution >= 4 is 18.3 Å². The van der Waals surface area contributed by atoms with Crippen LogP contribution >= 0.6 is 12.4 Å². The number of carbonyl (C=O) groups is 1. The minimum Gasteiger partial charge on any atom is -0.350 e. The third-order valence-electron chi connectivity index (χ3n) is 3.76. The van der Waals surface area contributed by atoms with Gasteiger partial charge in [-0.15, -0.1) is 12.4 Å². The van der Waals surface area contributed by atoms with E-state index in [0.29, 0.717) is 12.5 Å². The van der Waals surface area contributed by atoms with Crippen LogP contribution in [0.4, 0.5) is 0 Å². The number of aryl methyl sites for hydroxylation is 1. The molecule has 1 unspecified atom stereocenters. The third-order valence-corrected chi connectivity index (χ3v) is 3.76. The van der Waals surface area contributed by atoms with Gasteiger partial charge >= 0.3 is 0 Å². The Kier molecular flexibility index (Phi) is 6.16. The number of nitrogens with zero attached hydrogens (tertiary/aromatic N) is 3. The molecule has 1 aliphatic heterocycles. The van der Waals surface area contributed by atoms with Crippen molar-refractivity contribution in [2.45, 2.75) is 65.1 Å². The van der Waals surface area contributed by atoms with E-state index in [4.69, 9.17) is 5.73 Å². The lowest BCUT2D eigenvalue weighted by atomic mass is 10.0. The van der Waals surface area contributed by atoms with Gasteiger partial charge in [0, 0.05) is 18.4 Å². The number of hydrogen-bond donors (Lipinski definition) is 2. The summed E-state index contributed by atoms with van der Waals surface area (Å²) in [5.41, 5.74) is 5.87. The van der Waals surface area contributed by atoms with Gasteiger partial charge in [0.15, 0.2) is 5.82 Å². The lowest BCUT2D eigenvalue weighted by Crippen LogP contribution is -2.50. The van der Waals surface area contributed by atoms with Crippen LogP contribution in [0.15, 0.2) is 0 Å². The SMILES string of the molecule is CC(C)c1nc2n(n1)CC(NC(=O)[C@@H](N)C(C)C)CC2.Cl. The van der Waals surface area contributed by atoms with Crippen LogP contribution in [-0.4, -0.2) is 32.8 Å². The number of nitrogens with one attached hydrogen (secondary N) is 1. The van der Waals surface area contributed by atoms with Crippen LogP contribution in [0.1, 0.15) is 51.7 Å². The molecule has 1 amide bonds. The molecule has 0 bridgehead atoms. The van der Waals surface area contributed by atoms with Gasteiger partial charge < -0.3 is 11.1 Å². The van der Waals surface area contributed by atoms with Crippen LogP contribution < -0.4 is 11.1 Å². The third kappa shape index (κ3) is 4.17. The Morgan fingerprint density at radius 1 is 1.38 bits per heavy atom. The molecule has 2 atom stereocenters. The van der Waals surface area contributed by atoms with Crippen molar-refractivity contribution in [1.82, 2.24) is 20.1 Å². The second kappa shape index (κ2) is 7.22. The molecule has 1 aromatic heterocycles. The van der Waals surface area contributed by atoms with Crippen molar-refractivity contribution in [3.63, 3.8) is 0 Å². The minimum atomic E-state index is -0.446. The van der Waals surface area contributed by atoms with E-state index in [1.54, 1.807) is 0 Å². The van der Waals surface area contributed by atoms with Crippen LogP contribution in [0.5, 0.6) is 0 Å². The molecule has 0 aliphatic carbocycles. The Labute approximate surface area is 132 Å². The molecule has 0 aromatic carbocycles. The fourth-order valence-electron chi connectivity index (χ4n) is 2.29. The number of hydrogen-bond acceptors (Lipinski definition) is 4. The molecule has 0 radical (unpaired) electrons. The zero-order chi connectivity index (χ0) is 14.9. The van der Waals surface area contributed by atoms with Gasteiger partial charge in [0.2, 0.25) is 5.91 Å². The molecule has 2 rings (SSSR count). The zero-order valence-corrected chi connectivity index (χ0v) is 14.0. The highest BCUT2D eigenvalue weighted by atomic mass is 35.5. The summed E-state index contributed by atoms with van der Waals surface area (Å²) in [5, 5.41) is 7.54. The Balaban J connectivity index is 0.00000220. The second-order valence-electron chi connectivity index (χ2n) is 6.24. The maximum atomic E-state index is 12.0. The quantitative estimate of drug-likeness (QED) is 0.875. The smallest absolute Gasteiger partial charge is 0.237 e. The number of nitrogens with two attached hydrogens (primary N) is 1. The van der Waals surface area contributed by atoms with Gasteiger partial charge in [0.05, 0.1) is 12.6 Å². The Bertz CT molecular complexity index is 486. The summed E-state index contributed by atoms with van der Waals surface area (Å²) < 4.78 is 1.92. The first-order valence-corrected chi connectivity index (χ1v) is 7.38. The van der Waals surface area contributed by atoms with Crippen LogP contribution in [0.25, 0.3) is 0 Å². The topological polar surface area (TPSA) is 85.8 Å². The predicted molar refractivity (Wildman–Crippen MR) is 84.4 cm³/mol. The molecule has 6 nitrogen and oxygen atoms in total. The molecule has 2 heterocycles. The number of halogens is 1. The zero-order valence-electron chi connectivity index (χ0n) is 13.2. The summed E-state index contributed by atoms with van der Waals surface area (Å²) in [6, 6.07) is -0.347. The minimum absolute atomic E-state index is 0. The van der Waals surface area contributed by atoms with E-state index in [1.807, 2.05) is 18.5 Å². The summed E-state index contributed by atoms with van der Waals surface area (Å²) >= 11 is 0. The van der Waals surface area contributed by atoms with Crippen molar-refractivity contribution in [1.29, 1.82) is 0 Å². The number of carbonyl (C=O) groups excluding carboxylic acids is 1. The molecular formula is C14H26ClN5O. The van der Waals surface area contributed by atoms with E-state index in [2.05, 4.69) is 29.2 Å². The fourth-order valence-corrected chi connectivity index (χ4v) is 2.29. The Morgan fingerprint density at radius 3 is 2.62 bits per heavy atom. The van der Waals surface area contributed by atoms with Gasteiger partial charge in [0.25, 0.3) is 0 Å². The predicted octanol–water partition coefficient (Wildman–Crippen LogP) is 1.24. The highest BCUT2D eigenvalue weighted by Gasteiger charge is 2.26. The molecular weight excluding hydrogens is 290 g/mol. The molecule has 0 saturated carbocycles. The van der Waals surface area contributed by atoms with Gasteiger partial charge in [-0.25, -0.2) is 9.67 Å². The van der Waals surface area contributed by atoms with Crippen molar-refractivity contribution in [2.75, 3.05) is 0 Å². The standard InChI is InChI=1S/C14H25N5O.ClH/c1-8(2)12(15)14(20)16-10-5-6-11-17-13(9(3)4)18-19(11)7-10;/h8-10,12H,5-7,15H2,1-4H3,(H,16,20);1H/t10?,12-;/m0./s1. The normalized spacial score (nSPS) is 19.1. The average molecular weight is 316 g/mol. The van der Waals surface area contributed by atoms with Crippen LogP contribution in [-0.2, 0) is 17.8 Å². The molecule has 21 heavy (non-hydrogen) atoms. The van der Waals surface area contributed by atoms with Gasteiger partial charge in [0.1, 0.15) is 5.82 Å². The van der Waals surface area contributed by atoms with E-state index < -0.39 is 6.04 Å². The number of amides is 1.